The number of hydrogen-bond donors (Lipinski definition) is 1. The van der Waals surface area contributed by atoms with Crippen LogP contribution in [-0.2, 0) is 5.33 Å². The summed E-state index contributed by atoms with van der Waals surface area (Å²) in [7, 11) is 0. The lowest BCUT2D eigenvalue weighted by atomic mass is 10.2. The highest BCUT2D eigenvalue weighted by Crippen LogP contribution is 2.28. The Morgan fingerprint density at radius 3 is 2.60 bits per heavy atom. The number of aromatic hydroxyl groups is 1. The third-order valence-electron chi connectivity index (χ3n) is 1.21. The van der Waals surface area contributed by atoms with Crippen molar-refractivity contribution in [2.45, 2.75) is 5.33 Å². The minimum atomic E-state index is 0.319. The van der Waals surface area contributed by atoms with Gasteiger partial charge in [0.1, 0.15) is 5.75 Å². The Morgan fingerprint density at radius 1 is 1.40 bits per heavy atom. The van der Waals surface area contributed by atoms with Crippen molar-refractivity contribution in [3.05, 3.63) is 28.2 Å². The van der Waals surface area contributed by atoms with E-state index in [0.717, 1.165) is 10.0 Å². The van der Waals surface area contributed by atoms with Crippen LogP contribution in [-0.4, -0.2) is 5.11 Å². The van der Waals surface area contributed by atoms with Crippen molar-refractivity contribution in [1.82, 2.24) is 0 Å². The summed E-state index contributed by atoms with van der Waals surface area (Å²) >= 11 is 6.48. The molecule has 0 saturated carbocycles. The molecule has 1 aromatic carbocycles. The Balaban J connectivity index is 3.14. The molecule has 0 spiro atoms. The molecule has 0 atom stereocenters. The Hall–Kier alpha value is -0.0200. The molecule has 54 valence electrons. The van der Waals surface area contributed by atoms with Gasteiger partial charge in [0.05, 0.1) is 4.47 Å². The van der Waals surface area contributed by atoms with Gasteiger partial charge in [0.15, 0.2) is 0 Å². The van der Waals surface area contributed by atoms with E-state index in [9.17, 15) is 5.11 Å². The van der Waals surface area contributed by atoms with E-state index in [2.05, 4.69) is 31.9 Å². The van der Waals surface area contributed by atoms with Gasteiger partial charge < -0.3 is 5.11 Å². The zero-order valence-corrected chi connectivity index (χ0v) is 8.31. The van der Waals surface area contributed by atoms with Crippen molar-refractivity contribution in [2.75, 3.05) is 0 Å². The number of hydrogen-bond acceptors (Lipinski definition) is 1. The van der Waals surface area contributed by atoms with Crippen molar-refractivity contribution in [3.8, 4) is 5.75 Å². The first-order valence-corrected chi connectivity index (χ1v) is 4.69. The van der Waals surface area contributed by atoms with Crippen LogP contribution in [0.25, 0.3) is 0 Å². The van der Waals surface area contributed by atoms with Gasteiger partial charge in [-0.05, 0) is 22.0 Å². The van der Waals surface area contributed by atoms with E-state index in [4.69, 9.17) is 0 Å². The van der Waals surface area contributed by atoms with Crippen LogP contribution in [0.2, 0.25) is 0 Å². The van der Waals surface area contributed by atoms with Crippen LogP contribution in [0.4, 0.5) is 0 Å². The van der Waals surface area contributed by atoms with Crippen LogP contribution in [0, 0.1) is 0 Å². The lowest BCUT2D eigenvalue weighted by Crippen LogP contribution is -1.78. The minimum absolute atomic E-state index is 0.319. The number of phenolic OH excluding ortho intramolecular Hbond substituents is 1. The van der Waals surface area contributed by atoms with Crippen LogP contribution in [0.5, 0.6) is 5.75 Å². The predicted molar refractivity (Wildman–Crippen MR) is 48.4 cm³/mol. The number of para-hydroxylation sites is 1. The standard InChI is InChI=1S/C7H6Br2O/c8-4-5-2-1-3-6(9)7(5)10/h1-3,10H,4H2. The van der Waals surface area contributed by atoms with Crippen LogP contribution in [0.3, 0.4) is 0 Å². The van der Waals surface area contributed by atoms with E-state index in [-0.39, 0.29) is 0 Å². The van der Waals surface area contributed by atoms with Crippen LogP contribution in [0.15, 0.2) is 22.7 Å². The highest BCUT2D eigenvalue weighted by molar-refractivity contribution is 9.10. The summed E-state index contributed by atoms with van der Waals surface area (Å²) in [6, 6.07) is 5.57. The van der Waals surface area contributed by atoms with E-state index in [1.807, 2.05) is 18.2 Å². The van der Waals surface area contributed by atoms with Crippen molar-refractivity contribution >= 4 is 31.9 Å². The highest BCUT2D eigenvalue weighted by atomic mass is 79.9. The first-order chi connectivity index (χ1) is 4.75. The second kappa shape index (κ2) is 3.39. The zero-order chi connectivity index (χ0) is 7.56. The number of benzene rings is 1. The zero-order valence-electron chi connectivity index (χ0n) is 5.14. The molecule has 0 heterocycles. The van der Waals surface area contributed by atoms with E-state index in [1.54, 1.807) is 0 Å². The molecular weight excluding hydrogens is 260 g/mol. The molecule has 0 amide bonds. The summed E-state index contributed by atoms with van der Waals surface area (Å²) in [4.78, 5) is 0. The smallest absolute Gasteiger partial charge is 0.133 e. The topological polar surface area (TPSA) is 20.2 Å². The molecule has 0 aliphatic heterocycles. The monoisotopic (exact) mass is 264 g/mol. The summed E-state index contributed by atoms with van der Waals surface area (Å²) in [6.45, 7) is 0. The van der Waals surface area contributed by atoms with Crippen molar-refractivity contribution in [3.63, 3.8) is 0 Å². The Labute approximate surface area is 76.3 Å². The maximum absolute atomic E-state index is 9.32. The molecule has 0 fully saturated rings. The maximum Gasteiger partial charge on any atom is 0.133 e. The van der Waals surface area contributed by atoms with E-state index in [1.165, 1.54) is 0 Å². The number of phenols is 1. The summed E-state index contributed by atoms with van der Waals surface area (Å²) in [5.74, 6) is 0.319. The predicted octanol–water partition coefficient (Wildman–Crippen LogP) is 3.05. The Morgan fingerprint density at radius 2 is 2.10 bits per heavy atom. The molecule has 10 heavy (non-hydrogen) atoms. The normalized spacial score (nSPS) is 9.80. The molecule has 0 aliphatic carbocycles. The van der Waals surface area contributed by atoms with Crippen LogP contribution < -0.4 is 0 Å². The molecule has 0 aliphatic rings. The summed E-state index contributed by atoms with van der Waals surface area (Å²) in [6.07, 6.45) is 0. The fourth-order valence-corrected chi connectivity index (χ4v) is 1.53. The van der Waals surface area contributed by atoms with Crippen molar-refractivity contribution < 1.29 is 5.11 Å². The fourth-order valence-electron chi connectivity index (χ4n) is 0.668. The molecule has 1 nitrogen and oxygen atoms in total. The number of halogens is 2. The van der Waals surface area contributed by atoms with Crippen molar-refractivity contribution in [1.29, 1.82) is 0 Å². The third kappa shape index (κ3) is 1.52. The molecule has 1 rings (SSSR count). The lowest BCUT2D eigenvalue weighted by molar-refractivity contribution is 0.467. The van der Waals surface area contributed by atoms with Gasteiger partial charge in [-0.15, -0.1) is 0 Å². The van der Waals surface area contributed by atoms with Gasteiger partial charge >= 0.3 is 0 Å². The third-order valence-corrected chi connectivity index (χ3v) is 2.46. The molecule has 1 aromatic rings. The van der Waals surface area contributed by atoms with E-state index in [0.29, 0.717) is 11.1 Å². The first-order valence-electron chi connectivity index (χ1n) is 2.78. The molecule has 0 saturated heterocycles. The fraction of sp³-hybridized carbons (Fsp3) is 0.143. The number of rotatable bonds is 1. The Bertz CT molecular complexity index is 235. The quantitative estimate of drug-likeness (QED) is 0.774. The van der Waals surface area contributed by atoms with Gasteiger partial charge in [-0.2, -0.15) is 0 Å². The lowest BCUT2D eigenvalue weighted by Gasteiger charge is -2.00. The molecule has 1 N–H and O–H groups in total. The van der Waals surface area contributed by atoms with Gasteiger partial charge in [-0.1, -0.05) is 28.1 Å². The average molecular weight is 266 g/mol. The van der Waals surface area contributed by atoms with E-state index < -0.39 is 0 Å². The Kier molecular flexibility index (Phi) is 2.74. The summed E-state index contributed by atoms with van der Waals surface area (Å²) in [5.41, 5.74) is 0.898. The molecule has 3 heteroatoms. The van der Waals surface area contributed by atoms with Crippen molar-refractivity contribution in [2.24, 2.45) is 0 Å². The molecule has 0 aromatic heterocycles. The van der Waals surface area contributed by atoms with Gasteiger partial charge in [0, 0.05) is 10.9 Å². The molecule has 0 unspecified atom stereocenters. The molecule has 0 bridgehead atoms. The number of alkyl halides is 1. The minimum Gasteiger partial charge on any atom is -0.506 e. The summed E-state index contributed by atoms with van der Waals surface area (Å²) in [5, 5.41) is 10.00. The molecule has 0 radical (unpaired) electrons. The second-order valence-electron chi connectivity index (χ2n) is 1.88. The molecular formula is C7H6Br2O. The maximum atomic E-state index is 9.32. The average Bonchev–Trinajstić information content (AvgIpc) is 1.95. The highest BCUT2D eigenvalue weighted by Gasteiger charge is 2.01. The summed E-state index contributed by atoms with van der Waals surface area (Å²) < 4.78 is 0.740. The van der Waals surface area contributed by atoms with Gasteiger partial charge in [-0.25, -0.2) is 0 Å². The van der Waals surface area contributed by atoms with Crippen LogP contribution >= 0.6 is 31.9 Å². The second-order valence-corrected chi connectivity index (χ2v) is 3.30. The van der Waals surface area contributed by atoms with Gasteiger partial charge in [-0.3, -0.25) is 0 Å². The van der Waals surface area contributed by atoms with Crippen LogP contribution in [0.1, 0.15) is 5.56 Å². The largest absolute Gasteiger partial charge is 0.506 e. The van der Waals surface area contributed by atoms with Gasteiger partial charge in [0.2, 0.25) is 0 Å². The van der Waals surface area contributed by atoms with E-state index >= 15 is 0 Å². The van der Waals surface area contributed by atoms with Gasteiger partial charge in [0.25, 0.3) is 0 Å². The SMILES string of the molecule is Oc1c(Br)cccc1CBr. The first kappa shape index (κ1) is 8.08.